The number of nitrogens with zero attached hydrogens (tertiary/aromatic N) is 2. The first kappa shape index (κ1) is 30.4. The second kappa shape index (κ2) is 13.5. The minimum Gasteiger partial charge on any atom is -0.507 e. The van der Waals surface area contributed by atoms with Crippen LogP contribution in [0, 0.1) is 0 Å². The molecule has 0 amide bonds. The number of phenolic OH excluding ortho intramolecular Hbond substituents is 1. The van der Waals surface area contributed by atoms with Gasteiger partial charge in [0.1, 0.15) is 53.9 Å². The number of aliphatic hydroxyl groups excluding tert-OH is 4. The van der Waals surface area contributed by atoms with Crippen LogP contribution in [0.15, 0.2) is 51.9 Å². The maximum absolute atomic E-state index is 13.5. The van der Waals surface area contributed by atoms with E-state index in [-0.39, 0.29) is 27.7 Å². The fourth-order valence-corrected chi connectivity index (χ4v) is 5.71. The molecule has 11 heteroatoms. The van der Waals surface area contributed by atoms with Crippen molar-refractivity contribution in [1.29, 1.82) is 0 Å². The van der Waals surface area contributed by atoms with Crippen LogP contribution >= 0.6 is 0 Å². The number of hydrogen-bond acceptors (Lipinski definition) is 11. The molecule has 0 bridgehead atoms. The summed E-state index contributed by atoms with van der Waals surface area (Å²) in [6.07, 6.45) is -4.10. The van der Waals surface area contributed by atoms with Crippen LogP contribution in [0.25, 0.3) is 22.1 Å². The van der Waals surface area contributed by atoms with Gasteiger partial charge in [-0.15, -0.1) is 0 Å². The summed E-state index contributed by atoms with van der Waals surface area (Å²) in [5, 5.41) is 51.2. The Kier molecular flexibility index (Phi) is 9.79. The molecule has 2 aliphatic rings. The summed E-state index contributed by atoms with van der Waals surface area (Å²) in [7, 11) is 0. The topological polar surface area (TPSA) is 156 Å². The highest BCUT2D eigenvalue weighted by molar-refractivity contribution is 5.86. The first-order chi connectivity index (χ1) is 20.3. The van der Waals surface area contributed by atoms with E-state index in [0.717, 1.165) is 52.1 Å². The highest BCUT2D eigenvalue weighted by Gasteiger charge is 2.45. The number of phenols is 1. The number of unbranched alkanes of at least 4 members (excludes halogenated alkanes) is 1. The molecule has 42 heavy (non-hydrogen) atoms. The molecule has 2 aliphatic heterocycles. The molecule has 228 valence electrons. The summed E-state index contributed by atoms with van der Waals surface area (Å²) >= 11 is 0. The normalized spacial score (nSPS) is 25.6. The molecule has 0 radical (unpaired) electrons. The largest absolute Gasteiger partial charge is 0.507 e. The highest BCUT2D eigenvalue weighted by atomic mass is 16.5. The molecule has 5 rings (SSSR count). The zero-order valence-corrected chi connectivity index (χ0v) is 23.8. The molecule has 3 heterocycles. The summed E-state index contributed by atoms with van der Waals surface area (Å²) in [5.41, 5.74) is 0.463. The van der Waals surface area contributed by atoms with E-state index in [1.807, 2.05) is 0 Å². The third-order valence-electron chi connectivity index (χ3n) is 8.35. The van der Waals surface area contributed by atoms with Crippen molar-refractivity contribution < 1.29 is 39.4 Å². The number of aliphatic hydroxyl groups is 4. The van der Waals surface area contributed by atoms with E-state index in [1.165, 1.54) is 18.4 Å². The third-order valence-corrected chi connectivity index (χ3v) is 8.35. The van der Waals surface area contributed by atoms with Crippen LogP contribution in [-0.4, -0.2) is 112 Å². The van der Waals surface area contributed by atoms with Crippen LogP contribution in [0.3, 0.4) is 0 Å². The first-order valence-corrected chi connectivity index (χ1v) is 14.6. The Morgan fingerprint density at radius 2 is 1.64 bits per heavy atom. The van der Waals surface area contributed by atoms with Crippen molar-refractivity contribution in [1.82, 2.24) is 9.80 Å². The van der Waals surface area contributed by atoms with Gasteiger partial charge >= 0.3 is 0 Å². The van der Waals surface area contributed by atoms with Crippen molar-refractivity contribution in [2.45, 2.75) is 50.3 Å². The van der Waals surface area contributed by atoms with Crippen molar-refractivity contribution >= 4 is 11.0 Å². The van der Waals surface area contributed by atoms with Gasteiger partial charge in [0, 0.05) is 26.2 Å². The van der Waals surface area contributed by atoms with Crippen LogP contribution in [0.1, 0.15) is 31.4 Å². The fraction of sp³-hybridized carbons (Fsp3) is 0.516. The molecule has 0 spiro atoms. The van der Waals surface area contributed by atoms with Crippen molar-refractivity contribution in [3.05, 3.63) is 58.4 Å². The molecule has 3 aromatic rings. The number of fused-ring (bicyclic) bond motifs is 1. The molecule has 2 aromatic carbocycles. The Morgan fingerprint density at radius 1 is 0.929 bits per heavy atom. The minimum atomic E-state index is -1.65. The van der Waals surface area contributed by atoms with Gasteiger partial charge in [-0.1, -0.05) is 19.1 Å². The summed E-state index contributed by atoms with van der Waals surface area (Å²) in [5.74, 6) is 0.374. The van der Waals surface area contributed by atoms with Gasteiger partial charge < -0.3 is 49.2 Å². The van der Waals surface area contributed by atoms with E-state index >= 15 is 0 Å². The van der Waals surface area contributed by atoms with Crippen LogP contribution in [0.2, 0.25) is 0 Å². The van der Waals surface area contributed by atoms with Gasteiger partial charge in [0.15, 0.2) is 0 Å². The van der Waals surface area contributed by atoms with Crippen LogP contribution in [0.5, 0.6) is 11.5 Å². The van der Waals surface area contributed by atoms with Gasteiger partial charge in [0.2, 0.25) is 5.43 Å². The predicted octanol–water partition coefficient (Wildman–Crippen LogP) is 1.48. The number of ether oxygens (including phenoxy) is 2. The highest BCUT2D eigenvalue weighted by Crippen LogP contribution is 2.40. The van der Waals surface area contributed by atoms with Crippen molar-refractivity contribution in [3.8, 4) is 22.6 Å². The molecule has 11 nitrogen and oxygen atoms in total. The fourth-order valence-electron chi connectivity index (χ4n) is 5.71. The number of hydrogen-bond donors (Lipinski definition) is 5. The predicted molar refractivity (Wildman–Crippen MR) is 156 cm³/mol. The van der Waals surface area contributed by atoms with E-state index in [9.17, 15) is 30.3 Å². The van der Waals surface area contributed by atoms with Gasteiger partial charge in [-0.05, 0) is 55.8 Å². The molecule has 0 aliphatic carbocycles. The maximum Gasteiger partial charge on any atom is 0.200 e. The zero-order chi connectivity index (χ0) is 29.8. The van der Waals surface area contributed by atoms with E-state index in [2.05, 4.69) is 16.7 Å². The summed E-state index contributed by atoms with van der Waals surface area (Å²) in [6, 6.07) is 9.86. The summed E-state index contributed by atoms with van der Waals surface area (Å²) in [6.45, 7) is 8.89. The van der Waals surface area contributed by atoms with Crippen molar-refractivity contribution in [3.63, 3.8) is 0 Å². The average molecular weight is 585 g/mol. The van der Waals surface area contributed by atoms with Crippen LogP contribution in [-0.2, 0) is 4.74 Å². The van der Waals surface area contributed by atoms with Crippen molar-refractivity contribution in [2.24, 2.45) is 0 Å². The molecule has 0 unspecified atom stereocenters. The van der Waals surface area contributed by atoms with Gasteiger partial charge in [0.25, 0.3) is 0 Å². The maximum atomic E-state index is 13.5. The van der Waals surface area contributed by atoms with Gasteiger partial charge in [-0.2, -0.15) is 0 Å². The Hall–Kier alpha value is -3.03. The standard InChI is InChI=1S/C31H40N2O9/c1-2-32-12-14-33(15-13-32)11-3-4-16-40-20-7-5-19(6-8-20)22-18-41-30-21(26(22)36)9-10-23(35)25(30)31-29(39)28(38)27(37)24(17-34)42-31/h5-10,18,24,27-29,31,34-35,37-39H,2-4,11-17H2,1H3/t24-,27-,28+,29-,31+/m1/s1. The number of benzene rings is 2. The first-order valence-electron chi connectivity index (χ1n) is 14.6. The molecule has 0 saturated carbocycles. The second-order valence-electron chi connectivity index (χ2n) is 11.0. The molecular weight excluding hydrogens is 544 g/mol. The van der Waals surface area contributed by atoms with Crippen LogP contribution < -0.4 is 10.2 Å². The van der Waals surface area contributed by atoms with E-state index in [0.29, 0.717) is 23.5 Å². The molecule has 1 aromatic heterocycles. The average Bonchev–Trinajstić information content (AvgIpc) is 3.01. The van der Waals surface area contributed by atoms with Crippen LogP contribution in [0.4, 0.5) is 0 Å². The van der Waals surface area contributed by atoms with Gasteiger partial charge in [0.05, 0.1) is 29.7 Å². The summed E-state index contributed by atoms with van der Waals surface area (Å²) < 4.78 is 17.3. The third kappa shape index (κ3) is 6.32. The van der Waals surface area contributed by atoms with E-state index < -0.39 is 37.1 Å². The van der Waals surface area contributed by atoms with Gasteiger partial charge in [-0.3, -0.25) is 4.79 Å². The molecule has 2 fully saturated rings. The smallest absolute Gasteiger partial charge is 0.200 e. The zero-order valence-electron chi connectivity index (χ0n) is 23.8. The SMILES string of the molecule is CCN1CCN(CCCCOc2ccc(-c3coc4c([C@@H]5O[C@H](CO)[C@@H](O)[C@H](O)[C@H]5O)c(O)ccc4c3=O)cc2)CC1. The molecule has 5 atom stereocenters. The number of likely N-dealkylation sites (N-methyl/N-ethyl adjacent to an activating group) is 1. The van der Waals surface area contributed by atoms with E-state index in [4.69, 9.17) is 13.9 Å². The lowest BCUT2D eigenvalue weighted by atomic mass is 9.89. The summed E-state index contributed by atoms with van der Waals surface area (Å²) in [4.78, 5) is 18.4. The monoisotopic (exact) mass is 584 g/mol. The lowest BCUT2D eigenvalue weighted by Gasteiger charge is -2.40. The van der Waals surface area contributed by atoms with E-state index in [1.54, 1.807) is 24.3 Å². The quantitative estimate of drug-likeness (QED) is 0.220. The molecule has 5 N–H and O–H groups in total. The molecular formula is C31H40N2O9. The lowest BCUT2D eigenvalue weighted by Crippen LogP contribution is -2.55. The Morgan fingerprint density at radius 3 is 2.33 bits per heavy atom. The minimum absolute atomic E-state index is 0.0275. The number of piperazine rings is 1. The van der Waals surface area contributed by atoms with Gasteiger partial charge in [-0.25, -0.2) is 0 Å². The lowest BCUT2D eigenvalue weighted by molar-refractivity contribution is -0.231. The Labute approximate surface area is 244 Å². The number of aromatic hydroxyl groups is 1. The Balaban J connectivity index is 1.25. The van der Waals surface area contributed by atoms with Crippen molar-refractivity contribution in [2.75, 3.05) is 52.5 Å². The second-order valence-corrected chi connectivity index (χ2v) is 11.0. The number of rotatable bonds is 10. The molecule has 2 saturated heterocycles. The Bertz CT molecular complexity index is 1390.